The first-order valence-corrected chi connectivity index (χ1v) is 16.7. The molecular weight excluding hydrogens is 604 g/mol. The maximum Gasteiger partial charge on any atom is 0.166 e. The molecule has 0 fully saturated rings. The Morgan fingerprint density at radius 1 is 0.646 bits per heavy atom. The second-order valence-corrected chi connectivity index (χ2v) is 8.83. The fraction of sp³-hybridized carbons (Fsp3) is 0.324. The second kappa shape index (κ2) is 22.1. The van der Waals surface area contributed by atoms with Crippen molar-refractivity contribution in [1.82, 2.24) is 30.0 Å². The van der Waals surface area contributed by atoms with E-state index in [2.05, 4.69) is 31.0 Å². The van der Waals surface area contributed by atoms with E-state index in [0.29, 0.717) is 35.5 Å². The zero-order chi connectivity index (χ0) is 36.1. The average Bonchev–Trinajstić information content (AvgIpc) is 3.79. The highest BCUT2D eigenvalue weighted by atomic mass is 16.3. The Kier molecular flexibility index (Phi) is 18.7. The number of aromatic hydroxyl groups is 2. The molecule has 0 radical (unpaired) electrons. The molecule has 0 aliphatic carbocycles. The highest BCUT2D eigenvalue weighted by Crippen LogP contribution is 2.29. The van der Waals surface area contributed by atoms with Crippen LogP contribution in [0, 0.1) is 0 Å². The van der Waals surface area contributed by atoms with Gasteiger partial charge in [0, 0.05) is 19.2 Å². The fourth-order valence-corrected chi connectivity index (χ4v) is 3.95. The van der Waals surface area contributed by atoms with Gasteiger partial charge in [0.2, 0.25) is 0 Å². The van der Waals surface area contributed by atoms with Crippen LogP contribution in [0.4, 0.5) is 11.4 Å². The molecule has 11 nitrogen and oxygen atoms in total. The number of ketones is 1. The van der Waals surface area contributed by atoms with Crippen molar-refractivity contribution in [2.24, 2.45) is 0 Å². The van der Waals surface area contributed by atoms with Crippen molar-refractivity contribution in [2.45, 2.75) is 68.7 Å². The van der Waals surface area contributed by atoms with Crippen molar-refractivity contribution in [2.75, 3.05) is 24.2 Å². The molecule has 0 spiro atoms. The van der Waals surface area contributed by atoms with E-state index >= 15 is 0 Å². The predicted molar refractivity (Wildman–Crippen MR) is 200 cm³/mol. The van der Waals surface area contributed by atoms with Crippen LogP contribution in [0.25, 0.3) is 33.4 Å². The molecule has 0 amide bonds. The minimum absolute atomic E-state index is 0.120. The Morgan fingerprint density at radius 3 is 1.71 bits per heavy atom. The lowest BCUT2D eigenvalue weighted by Crippen LogP contribution is -2.12. The van der Waals surface area contributed by atoms with Crippen LogP contribution in [-0.2, 0) is 4.79 Å². The van der Waals surface area contributed by atoms with Crippen LogP contribution in [-0.4, -0.2) is 59.6 Å². The minimum atomic E-state index is 0.120. The summed E-state index contributed by atoms with van der Waals surface area (Å²) in [4.78, 5) is 14.2. The number of phenols is 2. The highest BCUT2D eigenvalue weighted by molar-refractivity contribution is 5.84. The number of carbonyl (C=O) groups excluding carboxylic acids is 1. The molecule has 4 aromatic carbocycles. The summed E-state index contributed by atoms with van der Waals surface area (Å²) >= 11 is 0. The summed E-state index contributed by atoms with van der Waals surface area (Å²) in [5.41, 5.74) is 5.55. The second-order valence-electron chi connectivity index (χ2n) is 8.83. The Labute approximate surface area is 284 Å². The molecule has 2 heterocycles. The predicted octanol–water partition coefficient (Wildman–Crippen LogP) is 8.79. The van der Waals surface area contributed by atoms with E-state index in [1.807, 2.05) is 117 Å². The van der Waals surface area contributed by atoms with Crippen molar-refractivity contribution in [3.63, 3.8) is 0 Å². The molecule has 11 heteroatoms. The number of phenolic OH excluding ortho intramolecular Hbond substituents is 2. The molecule has 0 aliphatic rings. The lowest BCUT2D eigenvalue weighted by atomic mass is 10.2. The third kappa shape index (κ3) is 10.8. The van der Waals surface area contributed by atoms with Crippen LogP contribution >= 0.6 is 0 Å². The van der Waals surface area contributed by atoms with Crippen LogP contribution in [0.3, 0.4) is 0 Å². The summed E-state index contributed by atoms with van der Waals surface area (Å²) in [5.74, 6) is 0.410. The van der Waals surface area contributed by atoms with Gasteiger partial charge in [0.05, 0.1) is 12.2 Å². The molecule has 0 aliphatic heterocycles. The van der Waals surface area contributed by atoms with Crippen LogP contribution in [0.15, 0.2) is 84.9 Å². The number of anilines is 2. The zero-order valence-electron chi connectivity index (χ0n) is 30.0. The van der Waals surface area contributed by atoms with E-state index in [4.69, 9.17) is 0 Å². The SMILES string of the molecule is CC.CC.CC.CC.CCC(=O)CNc1ccc2nn(-c3ccccc3O)nc2c1.CNc1cccc(-n2nc3ccccc3n2)c1O. The maximum absolute atomic E-state index is 11.4. The van der Waals surface area contributed by atoms with Gasteiger partial charge in [-0.3, -0.25) is 4.79 Å². The first-order valence-electron chi connectivity index (χ1n) is 16.7. The van der Waals surface area contributed by atoms with E-state index in [-0.39, 0.29) is 17.3 Å². The minimum Gasteiger partial charge on any atom is -0.506 e. The quantitative estimate of drug-likeness (QED) is 0.124. The third-order valence-corrected chi connectivity index (χ3v) is 6.15. The molecule has 0 atom stereocenters. The number of hydrogen-bond donors (Lipinski definition) is 4. The molecule has 0 bridgehead atoms. The van der Waals surface area contributed by atoms with Crippen molar-refractivity contribution >= 4 is 39.2 Å². The summed E-state index contributed by atoms with van der Waals surface area (Å²) in [6, 6.07) is 25.4. The summed E-state index contributed by atoms with van der Waals surface area (Å²) in [6.45, 7) is 18.1. The van der Waals surface area contributed by atoms with E-state index in [1.165, 1.54) is 9.59 Å². The van der Waals surface area contributed by atoms with Gasteiger partial charge in [-0.2, -0.15) is 0 Å². The van der Waals surface area contributed by atoms with E-state index < -0.39 is 0 Å². The molecular formula is C37H52N8O3. The van der Waals surface area contributed by atoms with Crippen molar-refractivity contribution < 1.29 is 15.0 Å². The van der Waals surface area contributed by atoms with Gasteiger partial charge in [-0.1, -0.05) is 92.6 Å². The van der Waals surface area contributed by atoms with Gasteiger partial charge < -0.3 is 20.8 Å². The monoisotopic (exact) mass is 656 g/mol. The summed E-state index contributed by atoms with van der Waals surface area (Å²) in [7, 11) is 1.76. The summed E-state index contributed by atoms with van der Waals surface area (Å²) < 4.78 is 0. The van der Waals surface area contributed by atoms with E-state index in [0.717, 1.165) is 22.2 Å². The number of rotatable bonds is 7. The molecule has 2 aromatic heterocycles. The van der Waals surface area contributed by atoms with Crippen molar-refractivity contribution in [3.05, 3.63) is 84.9 Å². The van der Waals surface area contributed by atoms with Gasteiger partial charge in [0.15, 0.2) is 11.5 Å². The number of benzene rings is 4. The van der Waals surface area contributed by atoms with Crippen molar-refractivity contribution in [1.29, 1.82) is 0 Å². The average molecular weight is 657 g/mol. The Hall–Kier alpha value is -5.45. The third-order valence-electron chi connectivity index (χ3n) is 6.15. The van der Waals surface area contributed by atoms with Gasteiger partial charge in [-0.25, -0.2) is 0 Å². The summed E-state index contributed by atoms with van der Waals surface area (Å²) in [6.07, 6.45) is 0.513. The smallest absolute Gasteiger partial charge is 0.166 e. The molecule has 48 heavy (non-hydrogen) atoms. The molecule has 6 rings (SSSR count). The number of para-hydroxylation sites is 3. The standard InChI is InChI=1S/C16H16N4O2.C13H12N4O.4C2H6/c1-2-12(21)10-17-11-7-8-13-14(9-11)19-20(18-13)15-5-3-4-6-16(15)22;1-14-11-7-4-8-12(13(11)18)17-15-9-5-2-3-6-10(9)16-17;4*1-2/h3-9,17,22H,2,10H2,1H3;2-8,14,18H,1H3;4*1-2H3. The molecule has 258 valence electrons. The van der Waals surface area contributed by atoms with Gasteiger partial charge >= 0.3 is 0 Å². The Bertz CT molecular complexity index is 1760. The van der Waals surface area contributed by atoms with Crippen LogP contribution in [0.1, 0.15) is 68.7 Å². The topological polar surface area (TPSA) is 143 Å². The number of aromatic nitrogens is 6. The lowest BCUT2D eigenvalue weighted by molar-refractivity contribution is -0.117. The number of Topliss-reactive ketones (excluding diaryl/α,β-unsaturated/α-hetero) is 1. The number of nitrogens with one attached hydrogen (secondary N) is 2. The fourth-order valence-electron chi connectivity index (χ4n) is 3.95. The van der Waals surface area contributed by atoms with Gasteiger partial charge in [0.1, 0.15) is 39.2 Å². The number of nitrogens with zero attached hydrogens (tertiary/aromatic N) is 6. The number of carbonyl (C=O) groups is 1. The van der Waals surface area contributed by atoms with Crippen LogP contribution in [0.2, 0.25) is 0 Å². The zero-order valence-corrected chi connectivity index (χ0v) is 30.0. The van der Waals surface area contributed by atoms with Crippen LogP contribution in [0.5, 0.6) is 11.5 Å². The first kappa shape index (κ1) is 40.6. The summed E-state index contributed by atoms with van der Waals surface area (Å²) in [5, 5.41) is 43.4. The van der Waals surface area contributed by atoms with Gasteiger partial charge in [-0.05, 0) is 54.6 Å². The van der Waals surface area contributed by atoms with E-state index in [1.54, 1.807) is 37.4 Å². The molecule has 0 saturated heterocycles. The normalized spacial score (nSPS) is 9.46. The van der Waals surface area contributed by atoms with Crippen LogP contribution < -0.4 is 10.6 Å². The van der Waals surface area contributed by atoms with Gasteiger partial charge in [-0.15, -0.1) is 30.0 Å². The largest absolute Gasteiger partial charge is 0.506 e. The number of hydrogen-bond acceptors (Lipinski definition) is 9. The Balaban J connectivity index is 0.000000402. The molecule has 0 unspecified atom stereocenters. The Morgan fingerprint density at radius 2 is 1.15 bits per heavy atom. The maximum atomic E-state index is 11.4. The van der Waals surface area contributed by atoms with E-state index in [9.17, 15) is 15.0 Å². The first-order chi connectivity index (χ1) is 23.5. The lowest BCUT2D eigenvalue weighted by Gasteiger charge is -2.07. The van der Waals surface area contributed by atoms with Gasteiger partial charge in [0.25, 0.3) is 0 Å². The number of fused-ring (bicyclic) bond motifs is 2. The molecule has 0 saturated carbocycles. The highest BCUT2D eigenvalue weighted by Gasteiger charge is 2.11. The van der Waals surface area contributed by atoms with Crippen molar-refractivity contribution in [3.8, 4) is 22.9 Å². The molecule has 6 aromatic rings. The molecule has 4 N–H and O–H groups in total.